The van der Waals surface area contributed by atoms with Crippen molar-refractivity contribution in [3.8, 4) is 11.1 Å². The number of allylic oxidation sites excluding steroid dienone is 1. The Kier molecular flexibility index (Phi) is 16.3. The number of amides is 4. The Hall–Kier alpha value is -5.78. The second kappa shape index (κ2) is 22.2. The Morgan fingerprint density at radius 2 is 1.41 bits per heavy atom. The number of fused-ring (bicyclic) bond motifs is 3. The maximum Gasteiger partial charge on any atom is 0.407 e. The molecule has 0 spiro atoms. The highest BCUT2D eigenvalue weighted by Gasteiger charge is 2.37. The van der Waals surface area contributed by atoms with Gasteiger partial charge in [0.2, 0.25) is 11.8 Å². The van der Waals surface area contributed by atoms with Gasteiger partial charge in [-0.05, 0) is 70.9 Å². The van der Waals surface area contributed by atoms with Crippen LogP contribution in [0, 0.1) is 23.7 Å². The number of ether oxygens (including phenoxy) is 2. The van der Waals surface area contributed by atoms with Crippen molar-refractivity contribution in [2.45, 2.75) is 84.5 Å². The van der Waals surface area contributed by atoms with Crippen LogP contribution in [-0.4, -0.2) is 60.9 Å². The molecule has 4 aromatic rings. The van der Waals surface area contributed by atoms with Crippen LogP contribution < -0.4 is 16.2 Å². The highest BCUT2D eigenvalue weighted by atomic mass is 16.8. The molecule has 322 valence electrons. The minimum Gasteiger partial charge on any atom is -0.449 e. The van der Waals surface area contributed by atoms with E-state index in [0.717, 1.165) is 46.2 Å². The van der Waals surface area contributed by atoms with Gasteiger partial charge >= 0.3 is 6.09 Å². The van der Waals surface area contributed by atoms with Gasteiger partial charge in [-0.1, -0.05) is 149 Å². The summed E-state index contributed by atoms with van der Waals surface area (Å²) in [5, 5.41) is 4.14. The summed E-state index contributed by atoms with van der Waals surface area (Å²) in [4.78, 5) is 62.8. The highest BCUT2D eigenvalue weighted by molar-refractivity contribution is 5.91. The number of alkyl carbamates (subject to hydrolysis) is 1. The second-order valence-corrected chi connectivity index (χ2v) is 16.8. The van der Waals surface area contributed by atoms with Crippen LogP contribution in [0.25, 0.3) is 17.2 Å². The van der Waals surface area contributed by atoms with E-state index in [1.165, 1.54) is 5.01 Å². The van der Waals surface area contributed by atoms with Gasteiger partial charge in [0.25, 0.3) is 5.91 Å². The van der Waals surface area contributed by atoms with E-state index in [4.69, 9.17) is 14.3 Å². The topological polar surface area (TPSA) is 135 Å². The number of benzene rings is 4. The standard InChI is InChI=1S/C50H60N4O7/c1-34(2)30-43(42(27-17-22-36-18-7-5-8-19-36)48(56)53-61-46-28-15-16-29-59-46)47(55)52-54(32-35(3)4)49(57)45(31-37-20-9-6-10-21-37)51-50(58)60-33-44-40-25-13-11-23-38(40)39-24-12-14-26-41(39)44/h5-14,17-26,34-35,42-46H,15-16,27-33H2,1-4H3,(H,51,58)(H,52,55)(H,53,56)/b22-17+/t42-,43+,45+,46?/m0/s1. The summed E-state index contributed by atoms with van der Waals surface area (Å²) in [5.74, 6) is -3.33. The van der Waals surface area contributed by atoms with Gasteiger partial charge in [0.1, 0.15) is 12.6 Å². The van der Waals surface area contributed by atoms with Gasteiger partial charge in [-0.25, -0.2) is 15.1 Å². The van der Waals surface area contributed by atoms with Crippen LogP contribution in [0.2, 0.25) is 0 Å². The fourth-order valence-electron chi connectivity index (χ4n) is 8.13. The van der Waals surface area contributed by atoms with Crippen molar-refractivity contribution in [2.24, 2.45) is 23.7 Å². The molecule has 1 heterocycles. The van der Waals surface area contributed by atoms with Gasteiger partial charge in [0, 0.05) is 31.9 Å². The fourth-order valence-corrected chi connectivity index (χ4v) is 8.13. The average molecular weight is 829 g/mol. The van der Waals surface area contributed by atoms with Gasteiger partial charge in [-0.3, -0.25) is 24.8 Å². The molecule has 4 amide bonds. The molecule has 2 aliphatic rings. The summed E-state index contributed by atoms with van der Waals surface area (Å²) in [6.07, 6.45) is 5.75. The highest BCUT2D eigenvalue weighted by Crippen LogP contribution is 2.44. The van der Waals surface area contributed by atoms with E-state index in [2.05, 4.69) is 28.4 Å². The Morgan fingerprint density at radius 1 is 0.770 bits per heavy atom. The summed E-state index contributed by atoms with van der Waals surface area (Å²) >= 11 is 0. The number of nitrogens with one attached hydrogen (secondary N) is 3. The van der Waals surface area contributed by atoms with Crippen LogP contribution in [0.3, 0.4) is 0 Å². The third kappa shape index (κ3) is 12.6. The van der Waals surface area contributed by atoms with Gasteiger partial charge < -0.3 is 14.8 Å². The van der Waals surface area contributed by atoms with Crippen LogP contribution >= 0.6 is 0 Å². The third-order valence-electron chi connectivity index (χ3n) is 11.1. The Bertz CT molecular complexity index is 2040. The molecule has 0 bridgehead atoms. The van der Waals surface area contributed by atoms with Crippen molar-refractivity contribution in [1.29, 1.82) is 0 Å². The smallest absolute Gasteiger partial charge is 0.407 e. The van der Waals surface area contributed by atoms with Crippen LogP contribution in [-0.2, 0) is 35.1 Å². The molecule has 11 nitrogen and oxygen atoms in total. The predicted octanol–water partition coefficient (Wildman–Crippen LogP) is 8.61. The van der Waals surface area contributed by atoms with E-state index < -0.39 is 48.0 Å². The molecule has 11 heteroatoms. The fraction of sp³-hybridized carbons (Fsp3) is 0.400. The second-order valence-electron chi connectivity index (χ2n) is 16.8. The lowest BCUT2D eigenvalue weighted by Crippen LogP contribution is -2.58. The van der Waals surface area contributed by atoms with Crippen molar-refractivity contribution < 1.29 is 33.5 Å². The van der Waals surface area contributed by atoms with E-state index in [1.54, 1.807) is 0 Å². The van der Waals surface area contributed by atoms with Crippen LogP contribution in [0.15, 0.2) is 115 Å². The van der Waals surface area contributed by atoms with Gasteiger partial charge in [-0.15, -0.1) is 0 Å². The predicted molar refractivity (Wildman–Crippen MR) is 236 cm³/mol. The molecule has 6 rings (SSSR count). The average Bonchev–Trinajstić information content (AvgIpc) is 3.59. The Balaban J connectivity index is 1.22. The number of carbonyl (C=O) groups excluding carboxylic acids is 4. The molecule has 4 aromatic carbocycles. The van der Waals surface area contributed by atoms with E-state index in [1.807, 2.05) is 137 Å². The van der Waals surface area contributed by atoms with Crippen molar-refractivity contribution in [3.05, 3.63) is 138 Å². The normalized spacial score (nSPS) is 16.3. The number of rotatable bonds is 18. The lowest BCUT2D eigenvalue weighted by atomic mass is 9.82. The van der Waals surface area contributed by atoms with Gasteiger partial charge in [-0.2, -0.15) is 0 Å². The Labute approximate surface area is 360 Å². The molecule has 61 heavy (non-hydrogen) atoms. The van der Waals surface area contributed by atoms with Crippen LogP contribution in [0.1, 0.15) is 88.0 Å². The quantitative estimate of drug-likeness (QED) is 0.0856. The van der Waals surface area contributed by atoms with E-state index in [0.29, 0.717) is 19.4 Å². The summed E-state index contributed by atoms with van der Waals surface area (Å²) < 4.78 is 11.6. The largest absolute Gasteiger partial charge is 0.449 e. The summed E-state index contributed by atoms with van der Waals surface area (Å²) in [5.41, 5.74) is 11.7. The van der Waals surface area contributed by atoms with Crippen LogP contribution in [0.4, 0.5) is 4.79 Å². The van der Waals surface area contributed by atoms with Crippen LogP contribution in [0.5, 0.6) is 0 Å². The number of carbonyl (C=O) groups is 4. The van der Waals surface area contributed by atoms with Gasteiger partial charge in [0.05, 0.1) is 11.8 Å². The summed E-state index contributed by atoms with van der Waals surface area (Å²) in [7, 11) is 0. The maximum absolute atomic E-state index is 14.7. The van der Waals surface area contributed by atoms with Crippen molar-refractivity contribution in [1.82, 2.24) is 21.2 Å². The van der Waals surface area contributed by atoms with Crippen molar-refractivity contribution >= 4 is 29.9 Å². The zero-order valence-corrected chi connectivity index (χ0v) is 35.8. The summed E-state index contributed by atoms with van der Waals surface area (Å²) in [6.45, 7) is 8.65. The molecule has 0 aromatic heterocycles. The molecule has 0 radical (unpaired) electrons. The van der Waals surface area contributed by atoms with Gasteiger partial charge in [0.15, 0.2) is 6.29 Å². The minimum absolute atomic E-state index is 0.0297. The maximum atomic E-state index is 14.7. The molecule has 3 N–H and O–H groups in total. The van der Waals surface area contributed by atoms with Crippen molar-refractivity contribution in [3.63, 3.8) is 0 Å². The first-order valence-corrected chi connectivity index (χ1v) is 21.6. The van der Waals surface area contributed by atoms with Crippen molar-refractivity contribution in [2.75, 3.05) is 19.8 Å². The minimum atomic E-state index is -1.09. The number of hydroxylamine groups is 1. The molecular weight excluding hydrogens is 769 g/mol. The van der Waals surface area contributed by atoms with E-state index >= 15 is 0 Å². The number of nitrogens with zero attached hydrogens (tertiary/aromatic N) is 1. The Morgan fingerprint density at radius 3 is 2.03 bits per heavy atom. The lowest BCUT2D eigenvalue weighted by Gasteiger charge is -2.33. The molecule has 4 atom stereocenters. The zero-order chi connectivity index (χ0) is 43.1. The van der Waals surface area contributed by atoms with E-state index in [9.17, 15) is 19.2 Å². The molecule has 0 saturated carbocycles. The third-order valence-corrected chi connectivity index (χ3v) is 11.1. The molecule has 1 aliphatic carbocycles. The lowest BCUT2D eigenvalue weighted by molar-refractivity contribution is -0.203. The molecule has 1 unspecified atom stereocenters. The molecule has 1 fully saturated rings. The van der Waals surface area contributed by atoms with E-state index in [-0.39, 0.29) is 43.7 Å². The first-order chi connectivity index (χ1) is 29.6. The first kappa shape index (κ1) is 44.8. The monoisotopic (exact) mass is 828 g/mol. The SMILES string of the molecule is CC(C)C[C@@H](C(=O)NN(CC(C)C)C(=O)[C@@H](Cc1ccccc1)NC(=O)OCC1c2ccccc2-c2ccccc21)[C@H](C/C=C/c1ccccc1)C(=O)NOC1CCCCO1. The molecule has 1 saturated heterocycles. The number of hydrogen-bond donors (Lipinski definition) is 3. The number of hydrazine groups is 1. The summed E-state index contributed by atoms with van der Waals surface area (Å²) in [6, 6.07) is 34.2. The molecular formula is C50H60N4O7. The molecule has 1 aliphatic heterocycles. The zero-order valence-electron chi connectivity index (χ0n) is 35.8. The number of hydrogen-bond acceptors (Lipinski definition) is 7. The first-order valence-electron chi connectivity index (χ1n) is 21.6.